The van der Waals surface area contributed by atoms with E-state index in [9.17, 15) is 9.59 Å². The number of carbonyl (C=O) groups excluding carboxylic acids is 2. The molecule has 0 bridgehead atoms. The summed E-state index contributed by atoms with van der Waals surface area (Å²) in [5, 5.41) is 11.8. The standard InChI is InChI=1S/C17H24N4O3/c1-13(20-8-6-19(7-9-20)10-11-22)17(24)21-12-16(23)18-14-4-2-3-5-15(14)21/h2-5,13,22H,6-12H2,1H3,(H,18,23)/t13-/m0/s1. The van der Waals surface area contributed by atoms with Crippen LogP contribution in [0.2, 0.25) is 0 Å². The van der Waals surface area contributed by atoms with Gasteiger partial charge in [-0.15, -0.1) is 0 Å². The van der Waals surface area contributed by atoms with E-state index in [0.717, 1.165) is 31.9 Å². The van der Waals surface area contributed by atoms with Gasteiger partial charge in [0.1, 0.15) is 6.54 Å². The van der Waals surface area contributed by atoms with E-state index in [-0.39, 0.29) is 31.0 Å². The van der Waals surface area contributed by atoms with E-state index >= 15 is 0 Å². The van der Waals surface area contributed by atoms with Gasteiger partial charge in [0.2, 0.25) is 11.8 Å². The molecule has 2 aliphatic heterocycles. The van der Waals surface area contributed by atoms with Gasteiger partial charge in [0.05, 0.1) is 24.0 Å². The first-order valence-corrected chi connectivity index (χ1v) is 8.37. The molecule has 0 aromatic heterocycles. The molecule has 1 fully saturated rings. The van der Waals surface area contributed by atoms with Crippen LogP contribution in [0, 0.1) is 0 Å². The topological polar surface area (TPSA) is 76.1 Å². The highest BCUT2D eigenvalue weighted by Crippen LogP contribution is 2.29. The summed E-state index contributed by atoms with van der Waals surface area (Å²) in [6.07, 6.45) is 0. The Morgan fingerprint density at radius 3 is 2.67 bits per heavy atom. The van der Waals surface area contributed by atoms with Crippen LogP contribution in [0.1, 0.15) is 6.92 Å². The molecule has 0 unspecified atom stereocenters. The second-order valence-corrected chi connectivity index (χ2v) is 6.27. The molecule has 0 aliphatic carbocycles. The lowest BCUT2D eigenvalue weighted by atomic mass is 10.1. The van der Waals surface area contributed by atoms with Gasteiger partial charge in [-0.2, -0.15) is 0 Å². The van der Waals surface area contributed by atoms with Crippen molar-refractivity contribution in [2.45, 2.75) is 13.0 Å². The zero-order valence-corrected chi connectivity index (χ0v) is 13.9. The summed E-state index contributed by atoms with van der Waals surface area (Å²) in [5.41, 5.74) is 1.44. The fourth-order valence-electron chi connectivity index (χ4n) is 3.33. The van der Waals surface area contributed by atoms with Gasteiger partial charge in [-0.1, -0.05) is 12.1 Å². The first kappa shape index (κ1) is 16.9. The number of nitrogens with zero attached hydrogens (tertiary/aromatic N) is 3. The molecule has 1 aromatic carbocycles. The molecule has 1 atom stereocenters. The molecule has 2 aliphatic rings. The number of β-amino-alcohol motifs (C(OH)–C–C–N with tert-alkyl or cyclic N) is 1. The summed E-state index contributed by atoms with van der Waals surface area (Å²) in [7, 11) is 0. The van der Waals surface area contributed by atoms with Crippen molar-refractivity contribution in [2.75, 3.05) is 56.1 Å². The number of hydrogen-bond donors (Lipinski definition) is 2. The highest BCUT2D eigenvalue weighted by Gasteiger charge is 2.33. The predicted molar refractivity (Wildman–Crippen MR) is 92.0 cm³/mol. The Morgan fingerprint density at radius 1 is 1.25 bits per heavy atom. The molecule has 1 aromatic rings. The number of amides is 2. The predicted octanol–water partition coefficient (Wildman–Crippen LogP) is -0.0299. The zero-order valence-electron chi connectivity index (χ0n) is 13.9. The van der Waals surface area contributed by atoms with Crippen molar-refractivity contribution >= 4 is 23.2 Å². The Bertz CT molecular complexity index is 614. The van der Waals surface area contributed by atoms with E-state index < -0.39 is 0 Å². The van der Waals surface area contributed by atoms with Crippen molar-refractivity contribution in [3.8, 4) is 0 Å². The highest BCUT2D eigenvalue weighted by atomic mass is 16.3. The molecular weight excluding hydrogens is 308 g/mol. The molecule has 2 N–H and O–H groups in total. The summed E-state index contributed by atoms with van der Waals surface area (Å²) in [4.78, 5) is 30.8. The number of fused-ring (bicyclic) bond motifs is 1. The fourth-order valence-corrected chi connectivity index (χ4v) is 3.33. The third-order valence-corrected chi connectivity index (χ3v) is 4.76. The average Bonchev–Trinajstić information content (AvgIpc) is 2.60. The van der Waals surface area contributed by atoms with Gasteiger partial charge in [0, 0.05) is 32.7 Å². The molecule has 2 amide bonds. The normalized spacial score (nSPS) is 20.4. The van der Waals surface area contributed by atoms with Crippen LogP contribution in [0.5, 0.6) is 0 Å². The fraction of sp³-hybridized carbons (Fsp3) is 0.529. The SMILES string of the molecule is C[C@@H](C(=O)N1CC(=O)Nc2ccccc21)N1CCN(CCO)CC1. The van der Waals surface area contributed by atoms with Crippen molar-refractivity contribution in [1.29, 1.82) is 0 Å². The second-order valence-electron chi connectivity index (χ2n) is 6.27. The number of piperazine rings is 1. The van der Waals surface area contributed by atoms with Crippen LogP contribution in [-0.2, 0) is 9.59 Å². The van der Waals surface area contributed by atoms with Crippen LogP contribution in [0.3, 0.4) is 0 Å². The number of para-hydroxylation sites is 2. The number of rotatable bonds is 4. The highest BCUT2D eigenvalue weighted by molar-refractivity contribution is 6.11. The van der Waals surface area contributed by atoms with Crippen LogP contribution >= 0.6 is 0 Å². The monoisotopic (exact) mass is 332 g/mol. The summed E-state index contributed by atoms with van der Waals surface area (Å²) in [6.45, 7) is 6.06. The minimum Gasteiger partial charge on any atom is -0.395 e. The van der Waals surface area contributed by atoms with Gasteiger partial charge < -0.3 is 10.4 Å². The van der Waals surface area contributed by atoms with Gasteiger partial charge in [0.25, 0.3) is 0 Å². The minimum atomic E-state index is -0.278. The van der Waals surface area contributed by atoms with Crippen LogP contribution < -0.4 is 10.2 Å². The van der Waals surface area contributed by atoms with Crippen LogP contribution in [0.25, 0.3) is 0 Å². The maximum absolute atomic E-state index is 13.0. The number of carbonyl (C=O) groups is 2. The number of anilines is 2. The van der Waals surface area contributed by atoms with Gasteiger partial charge in [-0.25, -0.2) is 0 Å². The smallest absolute Gasteiger partial charge is 0.244 e. The van der Waals surface area contributed by atoms with E-state index in [4.69, 9.17) is 5.11 Å². The Morgan fingerprint density at radius 2 is 1.96 bits per heavy atom. The van der Waals surface area contributed by atoms with Gasteiger partial charge >= 0.3 is 0 Å². The third kappa shape index (κ3) is 3.43. The zero-order chi connectivity index (χ0) is 17.1. The molecular formula is C17H24N4O3. The molecule has 7 heteroatoms. The molecule has 3 rings (SSSR count). The van der Waals surface area contributed by atoms with Crippen molar-refractivity contribution in [2.24, 2.45) is 0 Å². The largest absolute Gasteiger partial charge is 0.395 e. The summed E-state index contributed by atoms with van der Waals surface area (Å²) in [6, 6.07) is 7.11. The van der Waals surface area contributed by atoms with E-state index in [1.54, 1.807) is 4.90 Å². The lowest BCUT2D eigenvalue weighted by Gasteiger charge is -2.39. The lowest BCUT2D eigenvalue weighted by molar-refractivity contribution is -0.126. The van der Waals surface area contributed by atoms with Crippen LogP contribution in [0.15, 0.2) is 24.3 Å². The van der Waals surface area contributed by atoms with Crippen molar-refractivity contribution in [3.05, 3.63) is 24.3 Å². The van der Waals surface area contributed by atoms with Gasteiger partial charge in [-0.3, -0.25) is 24.3 Å². The van der Waals surface area contributed by atoms with Crippen molar-refractivity contribution in [1.82, 2.24) is 9.80 Å². The molecule has 7 nitrogen and oxygen atoms in total. The number of hydrogen-bond acceptors (Lipinski definition) is 5. The van der Waals surface area contributed by atoms with Crippen LogP contribution in [0.4, 0.5) is 11.4 Å². The third-order valence-electron chi connectivity index (χ3n) is 4.76. The first-order chi connectivity index (χ1) is 11.6. The first-order valence-electron chi connectivity index (χ1n) is 8.37. The van der Waals surface area contributed by atoms with Gasteiger partial charge in [0.15, 0.2) is 0 Å². The number of aliphatic hydroxyl groups is 1. The Balaban J connectivity index is 1.69. The maximum Gasteiger partial charge on any atom is 0.244 e. The molecule has 0 radical (unpaired) electrons. The van der Waals surface area contributed by atoms with Crippen molar-refractivity contribution < 1.29 is 14.7 Å². The van der Waals surface area contributed by atoms with Gasteiger partial charge in [-0.05, 0) is 19.1 Å². The van der Waals surface area contributed by atoms with Crippen molar-refractivity contribution in [3.63, 3.8) is 0 Å². The molecule has 130 valence electrons. The Hall–Kier alpha value is -1.96. The number of nitrogens with one attached hydrogen (secondary N) is 1. The second kappa shape index (κ2) is 7.29. The molecule has 2 heterocycles. The minimum absolute atomic E-state index is 0.0482. The van der Waals surface area contributed by atoms with E-state index in [1.807, 2.05) is 31.2 Å². The quantitative estimate of drug-likeness (QED) is 0.810. The van der Waals surface area contributed by atoms with E-state index in [0.29, 0.717) is 12.2 Å². The van der Waals surface area contributed by atoms with Crippen LogP contribution in [-0.4, -0.2) is 78.6 Å². The average molecular weight is 332 g/mol. The number of benzene rings is 1. The van der Waals surface area contributed by atoms with E-state index in [2.05, 4.69) is 15.1 Å². The molecule has 24 heavy (non-hydrogen) atoms. The Kier molecular flexibility index (Phi) is 5.13. The summed E-state index contributed by atoms with van der Waals surface area (Å²) >= 11 is 0. The molecule has 1 saturated heterocycles. The summed E-state index contributed by atoms with van der Waals surface area (Å²) < 4.78 is 0. The summed E-state index contributed by atoms with van der Waals surface area (Å²) in [5.74, 6) is -0.213. The Labute approximate surface area is 141 Å². The lowest BCUT2D eigenvalue weighted by Crippen LogP contribution is -2.56. The number of aliphatic hydroxyl groups excluding tert-OH is 1. The maximum atomic E-state index is 13.0. The van der Waals surface area contributed by atoms with E-state index in [1.165, 1.54) is 0 Å². The molecule has 0 saturated carbocycles. The molecule has 0 spiro atoms.